The highest BCUT2D eigenvalue weighted by Crippen LogP contribution is 2.21. The lowest BCUT2D eigenvalue weighted by Crippen LogP contribution is -2.18. The Kier molecular flexibility index (Phi) is 3.47. The predicted octanol–water partition coefficient (Wildman–Crippen LogP) is 1.12. The van der Waals surface area contributed by atoms with Crippen LogP contribution in [0.5, 0.6) is 0 Å². The van der Waals surface area contributed by atoms with E-state index in [9.17, 15) is 4.79 Å². The molecule has 1 fully saturated rings. The third-order valence-electron chi connectivity index (χ3n) is 1.41. The third kappa shape index (κ3) is 2.77. The number of thioether (sulfide) groups is 1. The van der Waals surface area contributed by atoms with Gasteiger partial charge in [0.1, 0.15) is 0 Å². The Morgan fingerprint density at radius 2 is 2.67 bits per heavy atom. The van der Waals surface area contributed by atoms with Crippen LogP contribution in [0.2, 0.25) is 0 Å². The van der Waals surface area contributed by atoms with Crippen molar-refractivity contribution in [2.45, 2.75) is 19.9 Å². The van der Waals surface area contributed by atoms with Crippen LogP contribution in [0.15, 0.2) is 11.1 Å². The van der Waals surface area contributed by atoms with E-state index in [0.29, 0.717) is 12.6 Å². The number of ether oxygens (including phenoxy) is 1. The number of hydrogen-bond donors (Lipinski definition) is 1. The van der Waals surface area contributed by atoms with Gasteiger partial charge in [0.05, 0.1) is 17.7 Å². The van der Waals surface area contributed by atoms with Crippen LogP contribution in [0.25, 0.3) is 0 Å². The molecular formula is C8H13NO2S. The lowest BCUT2D eigenvalue weighted by atomic mass is 10.4. The first kappa shape index (κ1) is 9.45. The van der Waals surface area contributed by atoms with Gasteiger partial charge in [0.15, 0.2) is 0 Å². The fourth-order valence-electron chi connectivity index (χ4n) is 0.915. The van der Waals surface area contributed by atoms with Gasteiger partial charge in [-0.3, -0.25) is 0 Å². The number of hydrogen-bond acceptors (Lipinski definition) is 4. The van der Waals surface area contributed by atoms with Gasteiger partial charge in [0.25, 0.3) is 0 Å². The van der Waals surface area contributed by atoms with Gasteiger partial charge in [-0.2, -0.15) is 0 Å². The van der Waals surface area contributed by atoms with Crippen molar-refractivity contribution in [1.29, 1.82) is 0 Å². The molecule has 3 nitrogen and oxygen atoms in total. The van der Waals surface area contributed by atoms with E-state index in [4.69, 9.17) is 4.74 Å². The summed E-state index contributed by atoms with van der Waals surface area (Å²) in [5.74, 6) is 0.757. The van der Waals surface area contributed by atoms with E-state index in [0.717, 1.165) is 10.8 Å². The summed E-state index contributed by atoms with van der Waals surface area (Å²) >= 11 is 1.65. The summed E-state index contributed by atoms with van der Waals surface area (Å²) in [6.07, 6.45) is 1.51. The standard InChI is InChI=1S/C8H13NO2S/c1-3-11-8(10)4-7-9-6(2)5-12-7/h4,6,9H,3,5H2,1-2H3/b7-4-. The van der Waals surface area contributed by atoms with E-state index in [-0.39, 0.29) is 5.97 Å². The third-order valence-corrected chi connectivity index (χ3v) is 2.63. The van der Waals surface area contributed by atoms with Crippen molar-refractivity contribution in [2.24, 2.45) is 0 Å². The molecule has 1 aliphatic heterocycles. The molecule has 1 N–H and O–H groups in total. The summed E-state index contributed by atoms with van der Waals surface area (Å²) in [7, 11) is 0. The molecule has 0 aromatic carbocycles. The second-order valence-electron chi connectivity index (χ2n) is 2.62. The van der Waals surface area contributed by atoms with Crippen molar-refractivity contribution >= 4 is 17.7 Å². The van der Waals surface area contributed by atoms with Gasteiger partial charge in [0, 0.05) is 11.8 Å². The fourth-order valence-corrected chi connectivity index (χ4v) is 1.89. The monoisotopic (exact) mass is 187 g/mol. The van der Waals surface area contributed by atoms with E-state index in [1.807, 2.05) is 0 Å². The SMILES string of the molecule is CCOC(=O)/C=C1/NC(C)CS1. The van der Waals surface area contributed by atoms with Crippen LogP contribution in [-0.4, -0.2) is 24.4 Å². The van der Waals surface area contributed by atoms with Crippen LogP contribution in [0.4, 0.5) is 0 Å². The second kappa shape index (κ2) is 4.40. The van der Waals surface area contributed by atoms with E-state index in [1.165, 1.54) is 6.08 Å². The molecule has 0 radical (unpaired) electrons. The van der Waals surface area contributed by atoms with Crippen molar-refractivity contribution in [3.63, 3.8) is 0 Å². The number of carbonyl (C=O) groups is 1. The zero-order chi connectivity index (χ0) is 8.97. The smallest absolute Gasteiger partial charge is 0.333 e. The van der Waals surface area contributed by atoms with E-state index < -0.39 is 0 Å². The molecule has 0 saturated carbocycles. The van der Waals surface area contributed by atoms with Crippen molar-refractivity contribution in [1.82, 2.24) is 5.32 Å². The first-order valence-corrected chi connectivity index (χ1v) is 4.98. The minimum Gasteiger partial charge on any atom is -0.463 e. The van der Waals surface area contributed by atoms with Gasteiger partial charge < -0.3 is 10.1 Å². The van der Waals surface area contributed by atoms with Crippen molar-refractivity contribution in [3.8, 4) is 0 Å². The zero-order valence-electron chi connectivity index (χ0n) is 7.29. The van der Waals surface area contributed by atoms with Crippen LogP contribution in [-0.2, 0) is 9.53 Å². The summed E-state index contributed by atoms with van der Waals surface area (Å²) in [6, 6.07) is 0.454. The molecule has 68 valence electrons. The Labute approximate surface area is 76.5 Å². The van der Waals surface area contributed by atoms with Crippen molar-refractivity contribution < 1.29 is 9.53 Å². The lowest BCUT2D eigenvalue weighted by Gasteiger charge is -2.01. The van der Waals surface area contributed by atoms with Crippen LogP contribution in [0, 0.1) is 0 Å². The average molecular weight is 187 g/mol. The van der Waals surface area contributed by atoms with Gasteiger partial charge in [0.2, 0.25) is 0 Å². The molecule has 0 spiro atoms. The maximum atomic E-state index is 11.0. The maximum absolute atomic E-state index is 11.0. The first-order chi connectivity index (χ1) is 5.72. The van der Waals surface area contributed by atoms with Crippen LogP contribution >= 0.6 is 11.8 Å². The summed E-state index contributed by atoms with van der Waals surface area (Å²) < 4.78 is 4.77. The van der Waals surface area contributed by atoms with E-state index in [2.05, 4.69) is 12.2 Å². The Hall–Kier alpha value is -0.640. The average Bonchev–Trinajstić information content (AvgIpc) is 2.36. The topological polar surface area (TPSA) is 38.3 Å². The largest absolute Gasteiger partial charge is 0.463 e. The van der Waals surface area contributed by atoms with Gasteiger partial charge in [-0.05, 0) is 13.8 Å². The highest BCUT2D eigenvalue weighted by atomic mass is 32.2. The fraction of sp³-hybridized carbons (Fsp3) is 0.625. The molecule has 1 saturated heterocycles. The number of carbonyl (C=O) groups excluding carboxylic acids is 1. The normalized spacial score (nSPS) is 25.5. The minimum absolute atomic E-state index is 0.262. The minimum atomic E-state index is -0.262. The number of nitrogens with one attached hydrogen (secondary N) is 1. The van der Waals surface area contributed by atoms with Crippen LogP contribution < -0.4 is 5.32 Å². The Morgan fingerprint density at radius 3 is 3.17 bits per heavy atom. The highest BCUT2D eigenvalue weighted by Gasteiger charge is 2.14. The van der Waals surface area contributed by atoms with Gasteiger partial charge in [-0.1, -0.05) is 0 Å². The molecule has 1 rings (SSSR count). The Balaban J connectivity index is 2.41. The van der Waals surface area contributed by atoms with E-state index in [1.54, 1.807) is 18.7 Å². The summed E-state index contributed by atoms with van der Waals surface area (Å²) in [5, 5.41) is 4.08. The molecule has 1 unspecified atom stereocenters. The van der Waals surface area contributed by atoms with Gasteiger partial charge >= 0.3 is 5.97 Å². The molecule has 0 amide bonds. The Bertz CT molecular complexity index is 203. The molecule has 1 atom stereocenters. The molecule has 1 aliphatic rings. The molecule has 0 aromatic heterocycles. The first-order valence-electron chi connectivity index (χ1n) is 4.00. The number of esters is 1. The van der Waals surface area contributed by atoms with Crippen LogP contribution in [0.1, 0.15) is 13.8 Å². The van der Waals surface area contributed by atoms with E-state index >= 15 is 0 Å². The predicted molar refractivity (Wildman–Crippen MR) is 49.8 cm³/mol. The van der Waals surface area contributed by atoms with Crippen LogP contribution in [0.3, 0.4) is 0 Å². The maximum Gasteiger partial charge on any atom is 0.333 e. The number of rotatable bonds is 2. The molecule has 0 aromatic rings. The zero-order valence-corrected chi connectivity index (χ0v) is 8.11. The second-order valence-corrected chi connectivity index (χ2v) is 3.68. The molecular weight excluding hydrogens is 174 g/mol. The molecule has 1 heterocycles. The molecule has 0 aliphatic carbocycles. The molecule has 4 heteroatoms. The van der Waals surface area contributed by atoms with Gasteiger partial charge in [-0.25, -0.2) is 4.79 Å². The van der Waals surface area contributed by atoms with Crippen molar-refractivity contribution in [3.05, 3.63) is 11.1 Å². The lowest BCUT2D eigenvalue weighted by molar-refractivity contribution is -0.137. The summed E-state index contributed by atoms with van der Waals surface area (Å²) in [4.78, 5) is 11.0. The summed E-state index contributed by atoms with van der Waals surface area (Å²) in [6.45, 7) is 4.32. The quantitative estimate of drug-likeness (QED) is 0.519. The highest BCUT2D eigenvalue weighted by molar-refractivity contribution is 8.03. The van der Waals surface area contributed by atoms with Gasteiger partial charge in [-0.15, -0.1) is 11.8 Å². The van der Waals surface area contributed by atoms with Crippen molar-refractivity contribution in [2.75, 3.05) is 12.4 Å². The molecule has 12 heavy (non-hydrogen) atoms. The summed E-state index contributed by atoms with van der Waals surface area (Å²) in [5.41, 5.74) is 0. The molecule has 0 bridgehead atoms. The Morgan fingerprint density at radius 1 is 1.92 bits per heavy atom.